The number of ether oxygens (including phenoxy) is 3. The molecule has 0 saturated heterocycles. The van der Waals surface area contributed by atoms with Crippen molar-refractivity contribution in [3.63, 3.8) is 0 Å². The SMILES string of the molecule is COc1cc(OC)cc(C(=O)N[C@H](C(=O)OC(C)C(=O)NC2CCCCC2C)C(C)C)c1. The van der Waals surface area contributed by atoms with E-state index in [0.717, 1.165) is 19.3 Å². The maximum absolute atomic E-state index is 12.8. The monoisotopic (exact) mass is 448 g/mol. The summed E-state index contributed by atoms with van der Waals surface area (Å²) in [6, 6.07) is 3.95. The van der Waals surface area contributed by atoms with Gasteiger partial charge in [-0.15, -0.1) is 0 Å². The van der Waals surface area contributed by atoms with E-state index in [9.17, 15) is 14.4 Å². The molecule has 3 unspecified atom stereocenters. The van der Waals surface area contributed by atoms with Gasteiger partial charge in [-0.3, -0.25) is 9.59 Å². The highest BCUT2D eigenvalue weighted by Crippen LogP contribution is 2.24. The molecular formula is C24H36N2O6. The first kappa shape index (κ1) is 25.5. The number of carbonyl (C=O) groups excluding carboxylic acids is 3. The Morgan fingerprint density at radius 3 is 2.09 bits per heavy atom. The van der Waals surface area contributed by atoms with Crippen molar-refractivity contribution >= 4 is 17.8 Å². The summed E-state index contributed by atoms with van der Waals surface area (Å²) < 4.78 is 15.8. The number of rotatable bonds is 9. The molecule has 1 aliphatic rings. The summed E-state index contributed by atoms with van der Waals surface area (Å²) in [6.07, 6.45) is 3.32. The molecule has 8 heteroatoms. The third-order valence-electron chi connectivity index (χ3n) is 5.92. The van der Waals surface area contributed by atoms with Crippen molar-refractivity contribution in [3.8, 4) is 11.5 Å². The van der Waals surface area contributed by atoms with Crippen LogP contribution in [0.15, 0.2) is 18.2 Å². The van der Waals surface area contributed by atoms with E-state index in [1.807, 2.05) is 0 Å². The summed E-state index contributed by atoms with van der Waals surface area (Å²) in [4.78, 5) is 38.2. The standard InChI is InChI=1S/C24H36N2O6/c1-14(2)21(26-23(28)17-11-18(30-5)13-19(12-17)31-6)24(29)32-16(4)22(27)25-20-10-8-7-9-15(20)3/h11-16,20-21H,7-10H2,1-6H3,(H,25,27)(H,26,28)/t15?,16?,20?,21-/m0/s1. The fourth-order valence-electron chi connectivity index (χ4n) is 3.79. The lowest BCUT2D eigenvalue weighted by Gasteiger charge is -2.30. The second-order valence-electron chi connectivity index (χ2n) is 8.75. The highest BCUT2D eigenvalue weighted by atomic mass is 16.5. The Morgan fingerprint density at radius 1 is 0.969 bits per heavy atom. The van der Waals surface area contributed by atoms with Crippen LogP contribution in [0.5, 0.6) is 11.5 Å². The van der Waals surface area contributed by atoms with E-state index < -0.39 is 24.0 Å². The topological polar surface area (TPSA) is 103 Å². The summed E-state index contributed by atoms with van der Waals surface area (Å²) >= 11 is 0. The first-order valence-corrected chi connectivity index (χ1v) is 11.2. The van der Waals surface area contributed by atoms with Gasteiger partial charge in [0.25, 0.3) is 11.8 Å². The van der Waals surface area contributed by atoms with Crippen LogP contribution in [0.4, 0.5) is 0 Å². The molecule has 0 bridgehead atoms. The van der Waals surface area contributed by atoms with Crippen LogP contribution in [-0.2, 0) is 14.3 Å². The smallest absolute Gasteiger partial charge is 0.329 e. The maximum Gasteiger partial charge on any atom is 0.329 e. The zero-order valence-electron chi connectivity index (χ0n) is 19.9. The van der Waals surface area contributed by atoms with Crippen molar-refractivity contribution < 1.29 is 28.6 Å². The lowest BCUT2D eigenvalue weighted by atomic mass is 9.86. The largest absolute Gasteiger partial charge is 0.497 e. The summed E-state index contributed by atoms with van der Waals surface area (Å²) in [5, 5.41) is 5.71. The summed E-state index contributed by atoms with van der Waals surface area (Å²) in [5.74, 6) is -0.358. The third kappa shape index (κ3) is 6.87. The first-order chi connectivity index (χ1) is 15.2. The predicted molar refractivity (Wildman–Crippen MR) is 121 cm³/mol. The molecule has 8 nitrogen and oxygen atoms in total. The Bertz CT molecular complexity index is 787. The number of carbonyl (C=O) groups is 3. The second kappa shape index (κ2) is 11.7. The molecule has 1 aromatic carbocycles. The highest BCUT2D eigenvalue weighted by molar-refractivity contribution is 5.97. The number of benzene rings is 1. The molecule has 0 aromatic heterocycles. The fourth-order valence-corrected chi connectivity index (χ4v) is 3.79. The zero-order chi connectivity index (χ0) is 23.8. The average Bonchev–Trinajstić information content (AvgIpc) is 2.77. The van der Waals surface area contributed by atoms with Crippen LogP contribution in [0.3, 0.4) is 0 Å². The normalized spacial score (nSPS) is 20.1. The van der Waals surface area contributed by atoms with Gasteiger partial charge in [-0.05, 0) is 43.7 Å². The average molecular weight is 449 g/mol. The molecule has 178 valence electrons. The van der Waals surface area contributed by atoms with Crippen LogP contribution in [0.2, 0.25) is 0 Å². The molecule has 32 heavy (non-hydrogen) atoms. The van der Waals surface area contributed by atoms with Gasteiger partial charge in [0.05, 0.1) is 14.2 Å². The summed E-state index contributed by atoms with van der Waals surface area (Å²) in [6.45, 7) is 7.27. The molecule has 1 saturated carbocycles. The molecule has 2 rings (SSSR count). The number of hydrogen-bond donors (Lipinski definition) is 2. The number of hydrogen-bond acceptors (Lipinski definition) is 6. The Hall–Kier alpha value is -2.77. The zero-order valence-corrected chi connectivity index (χ0v) is 19.9. The van der Waals surface area contributed by atoms with E-state index in [-0.39, 0.29) is 23.4 Å². The van der Waals surface area contributed by atoms with Crippen LogP contribution in [0, 0.1) is 11.8 Å². The van der Waals surface area contributed by atoms with Gasteiger partial charge in [0.2, 0.25) is 0 Å². The van der Waals surface area contributed by atoms with Crippen molar-refractivity contribution in [1.82, 2.24) is 10.6 Å². The van der Waals surface area contributed by atoms with Crippen LogP contribution >= 0.6 is 0 Å². The predicted octanol–water partition coefficient (Wildman–Crippen LogP) is 3.08. The van der Waals surface area contributed by atoms with Gasteiger partial charge in [-0.25, -0.2) is 4.79 Å². The minimum absolute atomic E-state index is 0.0982. The lowest BCUT2D eigenvalue weighted by Crippen LogP contribution is -2.49. The van der Waals surface area contributed by atoms with E-state index in [1.165, 1.54) is 20.6 Å². The molecule has 0 radical (unpaired) electrons. The van der Waals surface area contributed by atoms with Gasteiger partial charge in [-0.1, -0.05) is 33.6 Å². The van der Waals surface area contributed by atoms with Gasteiger partial charge in [0, 0.05) is 17.7 Å². The van der Waals surface area contributed by atoms with Gasteiger partial charge in [0.15, 0.2) is 6.10 Å². The maximum atomic E-state index is 12.8. The molecule has 1 aliphatic carbocycles. The number of methoxy groups -OCH3 is 2. The Balaban J connectivity index is 2.02. The Morgan fingerprint density at radius 2 is 1.56 bits per heavy atom. The lowest BCUT2D eigenvalue weighted by molar-refractivity contribution is -0.158. The molecule has 4 atom stereocenters. The van der Waals surface area contributed by atoms with E-state index in [1.54, 1.807) is 39.0 Å². The van der Waals surface area contributed by atoms with Crippen molar-refractivity contribution in [2.24, 2.45) is 11.8 Å². The van der Waals surface area contributed by atoms with E-state index in [2.05, 4.69) is 17.6 Å². The highest BCUT2D eigenvalue weighted by Gasteiger charge is 2.31. The number of esters is 1. The molecule has 0 spiro atoms. The van der Waals surface area contributed by atoms with Gasteiger partial charge < -0.3 is 24.8 Å². The Kier molecular flexibility index (Phi) is 9.35. The first-order valence-electron chi connectivity index (χ1n) is 11.2. The summed E-state index contributed by atoms with van der Waals surface area (Å²) in [5.41, 5.74) is 0.289. The Labute approximate surface area is 190 Å². The molecule has 1 fully saturated rings. The number of nitrogens with one attached hydrogen (secondary N) is 2. The quantitative estimate of drug-likeness (QED) is 0.563. The van der Waals surface area contributed by atoms with Gasteiger partial charge in [-0.2, -0.15) is 0 Å². The van der Waals surface area contributed by atoms with Crippen LogP contribution < -0.4 is 20.1 Å². The van der Waals surface area contributed by atoms with Gasteiger partial charge >= 0.3 is 5.97 Å². The van der Waals surface area contributed by atoms with E-state index in [0.29, 0.717) is 17.4 Å². The molecular weight excluding hydrogens is 412 g/mol. The molecule has 2 amide bonds. The number of amides is 2. The molecule has 1 aromatic rings. The van der Waals surface area contributed by atoms with Gasteiger partial charge in [0.1, 0.15) is 17.5 Å². The van der Waals surface area contributed by atoms with Crippen molar-refractivity contribution in [2.45, 2.75) is 71.6 Å². The van der Waals surface area contributed by atoms with Crippen LogP contribution in [0.25, 0.3) is 0 Å². The summed E-state index contributed by atoms with van der Waals surface area (Å²) in [7, 11) is 2.98. The molecule has 2 N–H and O–H groups in total. The van der Waals surface area contributed by atoms with Crippen molar-refractivity contribution in [1.29, 1.82) is 0 Å². The molecule has 0 aliphatic heterocycles. The van der Waals surface area contributed by atoms with E-state index >= 15 is 0 Å². The van der Waals surface area contributed by atoms with E-state index in [4.69, 9.17) is 14.2 Å². The third-order valence-corrected chi connectivity index (χ3v) is 5.92. The van der Waals surface area contributed by atoms with Crippen molar-refractivity contribution in [2.75, 3.05) is 14.2 Å². The second-order valence-corrected chi connectivity index (χ2v) is 8.75. The van der Waals surface area contributed by atoms with Crippen LogP contribution in [0.1, 0.15) is 63.7 Å². The molecule has 0 heterocycles. The fraction of sp³-hybridized carbons (Fsp3) is 0.625. The minimum Gasteiger partial charge on any atom is -0.497 e. The minimum atomic E-state index is -0.952. The van der Waals surface area contributed by atoms with Crippen LogP contribution in [-0.4, -0.2) is 50.2 Å². The van der Waals surface area contributed by atoms with Crippen molar-refractivity contribution in [3.05, 3.63) is 23.8 Å².